The molecule has 0 bridgehead atoms. The minimum absolute atomic E-state index is 0.0898. The molecular weight excluding hydrogens is 264 g/mol. The van der Waals surface area contributed by atoms with E-state index in [-0.39, 0.29) is 6.10 Å². The number of fused-ring (bicyclic) bond motifs is 1. The molecule has 0 spiro atoms. The molecule has 0 unspecified atom stereocenters. The first-order chi connectivity index (χ1) is 10.4. The van der Waals surface area contributed by atoms with E-state index in [2.05, 4.69) is 36.4 Å². The molecule has 0 N–H and O–H groups in total. The van der Waals surface area contributed by atoms with Gasteiger partial charge < -0.3 is 14.2 Å². The molecule has 2 aliphatic rings. The summed E-state index contributed by atoms with van der Waals surface area (Å²) in [6, 6.07) is 16.4. The maximum atomic E-state index is 6.03. The van der Waals surface area contributed by atoms with Crippen molar-refractivity contribution in [1.29, 1.82) is 0 Å². The predicted molar refractivity (Wildman–Crippen MR) is 80.3 cm³/mol. The highest BCUT2D eigenvalue weighted by Crippen LogP contribution is 2.37. The van der Waals surface area contributed by atoms with Gasteiger partial charge >= 0.3 is 0 Å². The van der Waals surface area contributed by atoms with Gasteiger partial charge in [0, 0.05) is 0 Å². The van der Waals surface area contributed by atoms with Crippen molar-refractivity contribution < 1.29 is 14.2 Å². The van der Waals surface area contributed by atoms with Crippen molar-refractivity contribution in [3.05, 3.63) is 65.7 Å². The second-order valence-electron chi connectivity index (χ2n) is 5.24. The maximum Gasteiger partial charge on any atom is 0.231 e. The van der Waals surface area contributed by atoms with E-state index in [0.717, 1.165) is 23.5 Å². The van der Waals surface area contributed by atoms with Crippen molar-refractivity contribution in [1.82, 2.24) is 0 Å². The minimum Gasteiger partial charge on any atom is -0.454 e. The van der Waals surface area contributed by atoms with Gasteiger partial charge in [0.15, 0.2) is 11.5 Å². The van der Waals surface area contributed by atoms with Crippen molar-refractivity contribution in [2.45, 2.75) is 12.5 Å². The smallest absolute Gasteiger partial charge is 0.231 e. The van der Waals surface area contributed by atoms with Gasteiger partial charge in [-0.15, -0.1) is 0 Å². The molecule has 0 fully saturated rings. The van der Waals surface area contributed by atoms with E-state index in [0.29, 0.717) is 13.4 Å². The lowest BCUT2D eigenvalue weighted by atomic mass is 9.98. The van der Waals surface area contributed by atoms with E-state index in [1.54, 1.807) is 0 Å². The minimum atomic E-state index is 0.0898. The quantitative estimate of drug-likeness (QED) is 0.833. The van der Waals surface area contributed by atoms with Crippen LogP contribution in [0.4, 0.5) is 0 Å². The second-order valence-corrected chi connectivity index (χ2v) is 5.24. The molecule has 0 radical (unpaired) electrons. The van der Waals surface area contributed by atoms with Crippen LogP contribution in [0.3, 0.4) is 0 Å². The van der Waals surface area contributed by atoms with Gasteiger partial charge in [0.2, 0.25) is 6.79 Å². The Kier molecular flexibility index (Phi) is 3.13. The monoisotopic (exact) mass is 280 g/mol. The number of benzene rings is 2. The van der Waals surface area contributed by atoms with Crippen molar-refractivity contribution in [3.63, 3.8) is 0 Å². The standard InChI is InChI=1S/C18H16O3/c1-2-4-13(5-3-1)15-7-8-16(19-11-15)14-6-9-17-18(10-14)21-12-20-17/h1-7,9-10,16H,8,11-12H2/t16-/m1/s1. The highest BCUT2D eigenvalue weighted by atomic mass is 16.7. The highest BCUT2D eigenvalue weighted by Gasteiger charge is 2.21. The van der Waals surface area contributed by atoms with Crippen LogP contribution in [0.1, 0.15) is 23.7 Å². The van der Waals surface area contributed by atoms with Crippen molar-refractivity contribution in [2.75, 3.05) is 13.4 Å². The molecule has 0 amide bonds. The molecule has 21 heavy (non-hydrogen) atoms. The number of hydrogen-bond acceptors (Lipinski definition) is 3. The largest absolute Gasteiger partial charge is 0.454 e. The Labute approximate surface area is 123 Å². The van der Waals surface area contributed by atoms with Gasteiger partial charge in [-0.3, -0.25) is 0 Å². The summed E-state index contributed by atoms with van der Waals surface area (Å²) >= 11 is 0. The Bertz CT molecular complexity index is 676. The first-order valence-corrected chi connectivity index (χ1v) is 7.16. The Morgan fingerprint density at radius 3 is 2.57 bits per heavy atom. The van der Waals surface area contributed by atoms with Gasteiger partial charge in [-0.25, -0.2) is 0 Å². The van der Waals surface area contributed by atoms with Crippen molar-refractivity contribution in [2.24, 2.45) is 0 Å². The zero-order valence-corrected chi connectivity index (χ0v) is 11.6. The molecule has 106 valence electrons. The summed E-state index contributed by atoms with van der Waals surface area (Å²) < 4.78 is 16.8. The van der Waals surface area contributed by atoms with Crippen LogP contribution in [0.25, 0.3) is 5.57 Å². The average molecular weight is 280 g/mol. The zero-order valence-electron chi connectivity index (χ0n) is 11.6. The molecule has 0 saturated carbocycles. The molecule has 1 atom stereocenters. The highest BCUT2D eigenvalue weighted by molar-refractivity contribution is 5.67. The summed E-state index contributed by atoms with van der Waals surface area (Å²) in [5.41, 5.74) is 3.64. The van der Waals surface area contributed by atoms with Crippen LogP contribution in [-0.2, 0) is 4.74 Å². The second kappa shape index (κ2) is 5.26. The molecule has 0 saturated heterocycles. The Hall–Kier alpha value is -2.26. The summed E-state index contributed by atoms with van der Waals surface area (Å²) in [4.78, 5) is 0. The molecule has 3 nitrogen and oxygen atoms in total. The van der Waals surface area contributed by atoms with Gasteiger partial charge in [0.1, 0.15) is 0 Å². The molecule has 2 aromatic rings. The topological polar surface area (TPSA) is 27.7 Å². The maximum absolute atomic E-state index is 6.03. The molecule has 4 rings (SSSR count). The van der Waals surface area contributed by atoms with Crippen LogP contribution in [-0.4, -0.2) is 13.4 Å². The predicted octanol–water partition coefficient (Wildman–Crippen LogP) is 3.96. The third kappa shape index (κ3) is 2.41. The van der Waals surface area contributed by atoms with Crippen LogP contribution in [0, 0.1) is 0 Å². The van der Waals surface area contributed by atoms with Gasteiger partial charge in [0.25, 0.3) is 0 Å². The number of hydrogen-bond donors (Lipinski definition) is 0. The fourth-order valence-electron chi connectivity index (χ4n) is 2.77. The molecule has 0 aromatic heterocycles. The van der Waals surface area contributed by atoms with Crippen LogP contribution < -0.4 is 9.47 Å². The zero-order chi connectivity index (χ0) is 14.1. The Morgan fingerprint density at radius 1 is 0.905 bits per heavy atom. The first kappa shape index (κ1) is 12.5. The fourth-order valence-corrected chi connectivity index (χ4v) is 2.77. The van der Waals surface area contributed by atoms with E-state index in [9.17, 15) is 0 Å². The molecule has 0 aliphatic carbocycles. The van der Waals surface area contributed by atoms with Crippen LogP contribution >= 0.6 is 0 Å². The summed E-state index contributed by atoms with van der Waals surface area (Å²) in [6.07, 6.45) is 3.24. The van der Waals surface area contributed by atoms with E-state index >= 15 is 0 Å². The van der Waals surface area contributed by atoms with E-state index < -0.39 is 0 Å². The van der Waals surface area contributed by atoms with Crippen LogP contribution in [0.15, 0.2) is 54.6 Å². The van der Waals surface area contributed by atoms with Crippen molar-refractivity contribution in [3.8, 4) is 11.5 Å². The average Bonchev–Trinajstić information content (AvgIpc) is 3.03. The van der Waals surface area contributed by atoms with Gasteiger partial charge in [-0.1, -0.05) is 42.5 Å². The fraction of sp³-hybridized carbons (Fsp3) is 0.222. The number of rotatable bonds is 2. The first-order valence-electron chi connectivity index (χ1n) is 7.16. The summed E-state index contributed by atoms with van der Waals surface area (Å²) in [6.45, 7) is 0.950. The molecular formula is C18H16O3. The third-order valence-corrected chi connectivity index (χ3v) is 3.93. The third-order valence-electron chi connectivity index (χ3n) is 3.93. The molecule has 2 aromatic carbocycles. The van der Waals surface area contributed by atoms with Crippen molar-refractivity contribution >= 4 is 5.57 Å². The summed E-state index contributed by atoms with van der Waals surface area (Å²) in [5.74, 6) is 1.63. The lowest BCUT2D eigenvalue weighted by Gasteiger charge is -2.23. The van der Waals surface area contributed by atoms with Crippen LogP contribution in [0.2, 0.25) is 0 Å². The van der Waals surface area contributed by atoms with Gasteiger partial charge in [0.05, 0.1) is 12.7 Å². The molecule has 2 heterocycles. The van der Waals surface area contributed by atoms with E-state index in [1.807, 2.05) is 18.2 Å². The van der Waals surface area contributed by atoms with Gasteiger partial charge in [-0.05, 0) is 35.3 Å². The Morgan fingerprint density at radius 2 is 1.76 bits per heavy atom. The normalized spacial score (nSPS) is 20.2. The lowest BCUT2D eigenvalue weighted by molar-refractivity contribution is 0.0727. The SMILES string of the molecule is C1=C(c2ccccc2)CO[C@@H](c2ccc3c(c2)OCO3)C1. The molecule has 3 heteroatoms. The lowest BCUT2D eigenvalue weighted by Crippen LogP contribution is -2.11. The Balaban J connectivity index is 1.53. The van der Waals surface area contributed by atoms with E-state index in [4.69, 9.17) is 14.2 Å². The van der Waals surface area contributed by atoms with Gasteiger partial charge in [-0.2, -0.15) is 0 Å². The van der Waals surface area contributed by atoms with E-state index in [1.165, 1.54) is 11.1 Å². The molecule has 2 aliphatic heterocycles. The summed E-state index contributed by atoms with van der Waals surface area (Å²) in [5, 5.41) is 0. The summed E-state index contributed by atoms with van der Waals surface area (Å²) in [7, 11) is 0. The van der Waals surface area contributed by atoms with Crippen LogP contribution in [0.5, 0.6) is 11.5 Å². The number of ether oxygens (including phenoxy) is 3.